The number of rotatable bonds is 7. The van der Waals surface area contributed by atoms with Gasteiger partial charge in [-0.2, -0.15) is 0 Å². The van der Waals surface area contributed by atoms with Gasteiger partial charge in [-0.25, -0.2) is 0 Å². The van der Waals surface area contributed by atoms with Crippen molar-refractivity contribution in [2.24, 2.45) is 0 Å². The van der Waals surface area contributed by atoms with Crippen LogP contribution in [0.5, 0.6) is 5.75 Å². The van der Waals surface area contributed by atoms with E-state index in [4.69, 9.17) is 4.74 Å². The Hall–Kier alpha value is -2.65. The van der Waals surface area contributed by atoms with Crippen molar-refractivity contribution < 1.29 is 9.66 Å². The highest BCUT2D eigenvalue weighted by molar-refractivity contribution is 8.00. The van der Waals surface area contributed by atoms with Crippen LogP contribution in [0.25, 0.3) is 0 Å². The number of non-ortho nitro benzene ring substituents is 1. The third-order valence-corrected chi connectivity index (χ3v) is 5.25. The van der Waals surface area contributed by atoms with E-state index >= 15 is 0 Å². The molecule has 128 valence electrons. The summed E-state index contributed by atoms with van der Waals surface area (Å²) in [6.45, 7) is 0. The van der Waals surface area contributed by atoms with Crippen LogP contribution >= 0.6 is 23.1 Å². The molecular formula is C16H14N4O3S2. The van der Waals surface area contributed by atoms with Crippen molar-refractivity contribution in [3.05, 3.63) is 64.2 Å². The van der Waals surface area contributed by atoms with E-state index in [1.54, 1.807) is 19.2 Å². The number of methoxy groups -OCH3 is 1. The molecule has 0 radical (unpaired) electrons. The summed E-state index contributed by atoms with van der Waals surface area (Å²) in [6.07, 6.45) is 0. The highest BCUT2D eigenvalue weighted by Crippen LogP contribution is 2.31. The second kappa shape index (κ2) is 7.95. The van der Waals surface area contributed by atoms with Crippen LogP contribution in [0.3, 0.4) is 0 Å². The number of nitrogens with one attached hydrogen (secondary N) is 1. The molecule has 9 heteroatoms. The lowest BCUT2D eigenvalue weighted by molar-refractivity contribution is -0.384. The second-order valence-electron chi connectivity index (χ2n) is 4.95. The Morgan fingerprint density at radius 1 is 1.24 bits per heavy atom. The van der Waals surface area contributed by atoms with Gasteiger partial charge < -0.3 is 10.1 Å². The number of nitro groups is 1. The first-order valence-corrected chi connectivity index (χ1v) is 9.05. The fourth-order valence-corrected chi connectivity index (χ4v) is 3.76. The van der Waals surface area contributed by atoms with Gasteiger partial charge in [0.15, 0.2) is 4.34 Å². The van der Waals surface area contributed by atoms with Crippen LogP contribution in [0.4, 0.5) is 16.5 Å². The van der Waals surface area contributed by atoms with Crippen molar-refractivity contribution >= 4 is 39.6 Å². The van der Waals surface area contributed by atoms with Crippen LogP contribution < -0.4 is 10.1 Å². The molecule has 0 aliphatic rings. The molecule has 0 bridgehead atoms. The van der Waals surface area contributed by atoms with Crippen molar-refractivity contribution in [3.63, 3.8) is 0 Å². The molecule has 0 aliphatic heterocycles. The third kappa shape index (κ3) is 4.68. The van der Waals surface area contributed by atoms with Crippen molar-refractivity contribution in [1.82, 2.24) is 10.2 Å². The molecule has 0 amide bonds. The van der Waals surface area contributed by atoms with Gasteiger partial charge in [0.25, 0.3) is 5.69 Å². The largest absolute Gasteiger partial charge is 0.497 e. The molecular weight excluding hydrogens is 360 g/mol. The van der Waals surface area contributed by atoms with Gasteiger partial charge in [0.1, 0.15) is 5.75 Å². The Morgan fingerprint density at radius 3 is 2.88 bits per heavy atom. The van der Waals surface area contributed by atoms with Crippen LogP contribution in [-0.4, -0.2) is 22.2 Å². The lowest BCUT2D eigenvalue weighted by Gasteiger charge is -2.04. The van der Waals surface area contributed by atoms with Gasteiger partial charge in [0, 0.05) is 29.6 Å². The Balaban J connectivity index is 1.62. The minimum Gasteiger partial charge on any atom is -0.497 e. The predicted molar refractivity (Wildman–Crippen MR) is 98.8 cm³/mol. The number of ether oxygens (including phenoxy) is 1. The van der Waals surface area contributed by atoms with Crippen molar-refractivity contribution in [2.75, 3.05) is 12.4 Å². The van der Waals surface area contributed by atoms with E-state index in [-0.39, 0.29) is 5.69 Å². The van der Waals surface area contributed by atoms with Crippen molar-refractivity contribution in [1.29, 1.82) is 0 Å². The number of hydrogen-bond acceptors (Lipinski definition) is 8. The molecule has 1 N–H and O–H groups in total. The van der Waals surface area contributed by atoms with Crippen LogP contribution in [0.2, 0.25) is 0 Å². The van der Waals surface area contributed by atoms with Gasteiger partial charge in [-0.15, -0.1) is 10.2 Å². The van der Waals surface area contributed by atoms with E-state index in [9.17, 15) is 10.1 Å². The number of anilines is 2. The summed E-state index contributed by atoms with van der Waals surface area (Å²) in [7, 11) is 1.62. The first-order valence-electron chi connectivity index (χ1n) is 7.25. The molecule has 3 rings (SSSR count). The van der Waals surface area contributed by atoms with Crippen molar-refractivity contribution in [3.8, 4) is 5.75 Å². The van der Waals surface area contributed by atoms with Gasteiger partial charge in [0.05, 0.1) is 12.0 Å². The summed E-state index contributed by atoms with van der Waals surface area (Å²) in [6, 6.07) is 14.1. The molecule has 1 aromatic heterocycles. The molecule has 2 aromatic carbocycles. The fraction of sp³-hybridized carbons (Fsp3) is 0.125. The maximum atomic E-state index is 10.8. The van der Waals surface area contributed by atoms with Crippen LogP contribution in [0, 0.1) is 10.1 Å². The minimum absolute atomic E-state index is 0.0933. The third-order valence-electron chi connectivity index (χ3n) is 3.21. The first kappa shape index (κ1) is 17.2. The predicted octanol–water partition coefficient (Wildman–Crippen LogP) is 4.49. The lowest BCUT2D eigenvalue weighted by Crippen LogP contribution is -1.90. The van der Waals surface area contributed by atoms with Gasteiger partial charge in [-0.1, -0.05) is 41.3 Å². The monoisotopic (exact) mass is 374 g/mol. The van der Waals surface area contributed by atoms with Crippen molar-refractivity contribution in [2.45, 2.75) is 10.1 Å². The van der Waals surface area contributed by atoms with Gasteiger partial charge in [0.2, 0.25) is 5.13 Å². The average molecular weight is 374 g/mol. The Morgan fingerprint density at radius 2 is 2.08 bits per heavy atom. The molecule has 0 unspecified atom stereocenters. The molecule has 0 spiro atoms. The zero-order chi connectivity index (χ0) is 17.6. The number of aromatic nitrogens is 2. The molecule has 0 atom stereocenters. The standard InChI is InChI=1S/C16H14N4O3S2/c1-23-14-7-3-5-12(9-14)17-15-18-19-16(25-15)24-10-11-4-2-6-13(8-11)20(21)22/h2-9H,10H2,1H3,(H,17,18). The molecule has 3 aromatic rings. The number of nitro benzene ring substituents is 1. The van der Waals surface area contributed by atoms with Crippen LogP contribution in [-0.2, 0) is 5.75 Å². The summed E-state index contributed by atoms with van der Waals surface area (Å²) < 4.78 is 5.98. The molecule has 7 nitrogen and oxygen atoms in total. The molecule has 0 saturated carbocycles. The Kier molecular flexibility index (Phi) is 5.46. The van der Waals surface area contributed by atoms with E-state index in [1.165, 1.54) is 29.2 Å². The summed E-state index contributed by atoms with van der Waals surface area (Å²) >= 11 is 2.92. The number of thioether (sulfide) groups is 1. The SMILES string of the molecule is COc1cccc(Nc2nnc(SCc3cccc([N+](=O)[O-])c3)s2)c1. The summed E-state index contributed by atoms with van der Waals surface area (Å²) in [5.74, 6) is 1.35. The van der Waals surface area contributed by atoms with E-state index in [2.05, 4.69) is 15.5 Å². The van der Waals surface area contributed by atoms with Crippen LogP contribution in [0.15, 0.2) is 52.9 Å². The quantitative estimate of drug-likeness (QED) is 0.370. The molecule has 0 fully saturated rings. The number of nitrogens with zero attached hydrogens (tertiary/aromatic N) is 3. The smallest absolute Gasteiger partial charge is 0.269 e. The zero-order valence-corrected chi connectivity index (χ0v) is 14.8. The Labute approximate surface area is 152 Å². The van der Waals surface area contributed by atoms with E-state index < -0.39 is 4.92 Å². The minimum atomic E-state index is -0.394. The van der Waals surface area contributed by atoms with E-state index in [0.29, 0.717) is 10.9 Å². The topological polar surface area (TPSA) is 90.2 Å². The van der Waals surface area contributed by atoms with Gasteiger partial charge in [-0.3, -0.25) is 10.1 Å². The fourth-order valence-electron chi connectivity index (χ4n) is 2.05. The second-order valence-corrected chi connectivity index (χ2v) is 7.15. The van der Waals surface area contributed by atoms with Gasteiger partial charge in [-0.05, 0) is 17.7 Å². The van der Waals surface area contributed by atoms with E-state index in [0.717, 1.165) is 21.3 Å². The zero-order valence-electron chi connectivity index (χ0n) is 13.2. The first-order chi connectivity index (χ1) is 12.1. The maximum Gasteiger partial charge on any atom is 0.269 e. The average Bonchev–Trinajstić information content (AvgIpc) is 3.07. The molecule has 0 aliphatic carbocycles. The lowest BCUT2D eigenvalue weighted by atomic mass is 10.2. The normalized spacial score (nSPS) is 10.4. The van der Waals surface area contributed by atoms with E-state index in [1.807, 2.05) is 30.3 Å². The Bertz CT molecular complexity index is 885. The molecule has 1 heterocycles. The summed E-state index contributed by atoms with van der Waals surface area (Å²) in [4.78, 5) is 10.4. The molecule has 25 heavy (non-hydrogen) atoms. The molecule has 0 saturated heterocycles. The van der Waals surface area contributed by atoms with Gasteiger partial charge >= 0.3 is 0 Å². The maximum absolute atomic E-state index is 10.8. The number of hydrogen-bond donors (Lipinski definition) is 1. The highest BCUT2D eigenvalue weighted by Gasteiger charge is 2.09. The highest BCUT2D eigenvalue weighted by atomic mass is 32.2. The summed E-state index contributed by atoms with van der Waals surface area (Å²) in [5.41, 5.74) is 1.83. The summed E-state index contributed by atoms with van der Waals surface area (Å²) in [5, 5.41) is 22.9. The number of benzene rings is 2. The van der Waals surface area contributed by atoms with Crippen LogP contribution in [0.1, 0.15) is 5.56 Å².